The van der Waals surface area contributed by atoms with Crippen LogP contribution < -0.4 is 19.9 Å². The van der Waals surface area contributed by atoms with Crippen LogP contribution in [-0.2, 0) is 6.42 Å². The van der Waals surface area contributed by atoms with Gasteiger partial charge in [-0.15, -0.1) is 0 Å². The van der Waals surface area contributed by atoms with Gasteiger partial charge in [-0.05, 0) is 36.8 Å². The number of hydrogen-bond acceptors (Lipinski definition) is 5. The van der Waals surface area contributed by atoms with Crippen molar-refractivity contribution in [1.29, 1.82) is 0 Å². The number of nitrogens with two attached hydrogens (primary N) is 1. The number of ether oxygens (including phenoxy) is 3. The Hall–Kier alpha value is -2.86. The number of pyridine rings is 1. The highest BCUT2D eigenvalue weighted by atomic mass is 19.1. The van der Waals surface area contributed by atoms with Crippen LogP contribution in [0.25, 0.3) is 22.2 Å². The van der Waals surface area contributed by atoms with Crippen molar-refractivity contribution in [2.45, 2.75) is 19.4 Å². The molecule has 0 saturated carbocycles. The van der Waals surface area contributed by atoms with Crippen LogP contribution in [-0.4, -0.2) is 31.9 Å². The second-order valence-corrected chi connectivity index (χ2v) is 6.63. The topological polar surface area (TPSA) is 66.6 Å². The number of rotatable bonds is 4. The Morgan fingerprint density at radius 2 is 2.04 bits per heavy atom. The molecule has 1 aromatic heterocycles. The Bertz CT molecular complexity index is 1040. The first kappa shape index (κ1) is 17.5. The summed E-state index contributed by atoms with van der Waals surface area (Å²) in [5.41, 5.74) is 9.48. The minimum absolute atomic E-state index is 0.212. The smallest absolute Gasteiger partial charge is 0.148 e. The lowest BCUT2D eigenvalue weighted by Gasteiger charge is -2.14. The molecular weight excluding hydrogens is 347 g/mol. The van der Waals surface area contributed by atoms with Gasteiger partial charge < -0.3 is 19.9 Å². The molecule has 0 saturated heterocycles. The van der Waals surface area contributed by atoms with Gasteiger partial charge in [-0.25, -0.2) is 9.37 Å². The van der Waals surface area contributed by atoms with Gasteiger partial charge in [-0.2, -0.15) is 0 Å². The highest BCUT2D eigenvalue weighted by molar-refractivity contribution is 5.91. The first-order valence-electron chi connectivity index (χ1n) is 8.77. The van der Waals surface area contributed by atoms with E-state index in [1.807, 2.05) is 19.1 Å². The Kier molecular flexibility index (Phi) is 4.36. The lowest BCUT2D eigenvalue weighted by atomic mass is 10.0. The standard InChI is InChI=1S/C21H21FN2O3/c1-11-6-18(24-20-15(11)7-12(25-2)9-19(20)26-3)14-4-5-17(22)16-8-13(10-23)27-21(14)16/h4-7,9,13H,8,10,23H2,1-3H3/t13-/m1/s1. The largest absolute Gasteiger partial charge is 0.497 e. The van der Waals surface area contributed by atoms with Crippen molar-refractivity contribution in [3.8, 4) is 28.5 Å². The minimum atomic E-state index is -0.274. The van der Waals surface area contributed by atoms with E-state index >= 15 is 0 Å². The minimum Gasteiger partial charge on any atom is -0.497 e. The molecule has 2 aromatic carbocycles. The van der Waals surface area contributed by atoms with Gasteiger partial charge in [0.15, 0.2) is 0 Å². The summed E-state index contributed by atoms with van der Waals surface area (Å²) in [7, 11) is 3.22. The summed E-state index contributed by atoms with van der Waals surface area (Å²) in [5.74, 6) is 1.58. The highest BCUT2D eigenvalue weighted by Gasteiger charge is 2.28. The predicted octanol–water partition coefficient (Wildman–Crippen LogP) is 3.63. The lowest BCUT2D eigenvalue weighted by Crippen LogP contribution is -2.24. The molecule has 6 heteroatoms. The fourth-order valence-electron chi connectivity index (χ4n) is 3.54. The zero-order valence-corrected chi connectivity index (χ0v) is 15.5. The maximum atomic E-state index is 14.3. The molecule has 2 N–H and O–H groups in total. The summed E-state index contributed by atoms with van der Waals surface area (Å²) in [5, 5.41) is 0.939. The highest BCUT2D eigenvalue weighted by Crippen LogP contribution is 2.41. The molecule has 0 spiro atoms. The van der Waals surface area contributed by atoms with Crippen LogP contribution in [0.15, 0.2) is 30.3 Å². The van der Waals surface area contributed by atoms with Gasteiger partial charge in [0, 0.05) is 35.5 Å². The molecule has 0 unspecified atom stereocenters. The van der Waals surface area contributed by atoms with Crippen LogP contribution in [0.2, 0.25) is 0 Å². The number of halogens is 1. The quantitative estimate of drug-likeness (QED) is 0.762. The van der Waals surface area contributed by atoms with Gasteiger partial charge in [0.1, 0.15) is 34.7 Å². The molecule has 1 aliphatic rings. The summed E-state index contributed by atoms with van der Waals surface area (Å²) >= 11 is 0. The zero-order chi connectivity index (χ0) is 19.1. The van der Waals surface area contributed by atoms with Crippen molar-refractivity contribution >= 4 is 10.9 Å². The number of aromatic nitrogens is 1. The summed E-state index contributed by atoms with van der Waals surface area (Å²) in [6, 6.07) is 8.86. The molecule has 0 amide bonds. The monoisotopic (exact) mass is 368 g/mol. The lowest BCUT2D eigenvalue weighted by molar-refractivity contribution is 0.242. The van der Waals surface area contributed by atoms with Crippen molar-refractivity contribution < 1.29 is 18.6 Å². The normalized spacial score (nSPS) is 15.5. The van der Waals surface area contributed by atoms with Gasteiger partial charge in [0.2, 0.25) is 0 Å². The number of hydrogen-bond donors (Lipinski definition) is 1. The molecule has 0 aliphatic carbocycles. The third kappa shape index (κ3) is 2.86. The van der Waals surface area contributed by atoms with E-state index in [0.717, 1.165) is 22.0 Å². The third-order valence-corrected chi connectivity index (χ3v) is 4.97. The molecule has 0 bridgehead atoms. The Balaban J connectivity index is 1.93. The van der Waals surface area contributed by atoms with Crippen LogP contribution in [0.4, 0.5) is 4.39 Å². The van der Waals surface area contributed by atoms with E-state index in [1.54, 1.807) is 26.4 Å². The maximum Gasteiger partial charge on any atom is 0.148 e. The summed E-state index contributed by atoms with van der Waals surface area (Å²) in [6.07, 6.45) is 0.259. The number of fused-ring (bicyclic) bond motifs is 2. The van der Waals surface area contributed by atoms with Crippen molar-refractivity contribution in [2.75, 3.05) is 20.8 Å². The maximum absolute atomic E-state index is 14.3. The average molecular weight is 368 g/mol. The number of aryl methyl sites for hydroxylation is 1. The summed E-state index contributed by atoms with van der Waals surface area (Å²) in [4.78, 5) is 4.80. The van der Waals surface area contributed by atoms with Crippen molar-refractivity contribution in [3.63, 3.8) is 0 Å². The van der Waals surface area contributed by atoms with Crippen LogP contribution in [0, 0.1) is 12.7 Å². The molecule has 0 fully saturated rings. The van der Waals surface area contributed by atoms with Crippen molar-refractivity contribution in [2.24, 2.45) is 5.73 Å². The molecule has 140 valence electrons. The van der Waals surface area contributed by atoms with E-state index in [4.69, 9.17) is 24.9 Å². The molecule has 5 nitrogen and oxygen atoms in total. The van der Waals surface area contributed by atoms with Crippen molar-refractivity contribution in [1.82, 2.24) is 4.98 Å². The van der Waals surface area contributed by atoms with Gasteiger partial charge in [-0.3, -0.25) is 0 Å². The number of benzene rings is 2. The van der Waals surface area contributed by atoms with E-state index in [2.05, 4.69) is 0 Å². The summed E-state index contributed by atoms with van der Waals surface area (Å²) < 4.78 is 31.0. The van der Waals surface area contributed by atoms with Gasteiger partial charge in [0.05, 0.1) is 19.9 Å². The SMILES string of the molecule is COc1cc(OC)c2nc(-c3ccc(F)c4c3O[C@@H](CN)C4)cc(C)c2c1. The first-order chi connectivity index (χ1) is 13.0. The third-order valence-electron chi connectivity index (χ3n) is 4.97. The molecule has 4 rings (SSSR count). The van der Waals surface area contributed by atoms with E-state index in [9.17, 15) is 4.39 Å². The molecule has 1 aliphatic heterocycles. The van der Waals surface area contributed by atoms with E-state index in [-0.39, 0.29) is 11.9 Å². The fourth-order valence-corrected chi connectivity index (χ4v) is 3.54. The molecule has 1 atom stereocenters. The Morgan fingerprint density at radius 3 is 2.74 bits per heavy atom. The first-order valence-corrected chi connectivity index (χ1v) is 8.77. The predicted molar refractivity (Wildman–Crippen MR) is 102 cm³/mol. The average Bonchev–Trinajstić information content (AvgIpc) is 3.13. The Labute approximate surface area is 156 Å². The van der Waals surface area contributed by atoms with E-state index in [0.29, 0.717) is 41.5 Å². The fraction of sp³-hybridized carbons (Fsp3) is 0.286. The molecule has 27 heavy (non-hydrogen) atoms. The van der Waals surface area contributed by atoms with E-state index < -0.39 is 0 Å². The van der Waals surface area contributed by atoms with Crippen LogP contribution in [0.3, 0.4) is 0 Å². The van der Waals surface area contributed by atoms with Crippen LogP contribution in [0.5, 0.6) is 17.2 Å². The number of methoxy groups -OCH3 is 2. The number of nitrogens with zero attached hydrogens (tertiary/aromatic N) is 1. The van der Waals surface area contributed by atoms with Crippen LogP contribution >= 0.6 is 0 Å². The Morgan fingerprint density at radius 1 is 1.22 bits per heavy atom. The van der Waals surface area contributed by atoms with Gasteiger partial charge in [-0.1, -0.05) is 0 Å². The van der Waals surface area contributed by atoms with Gasteiger partial charge in [0.25, 0.3) is 0 Å². The summed E-state index contributed by atoms with van der Waals surface area (Å²) in [6.45, 7) is 2.34. The molecule has 2 heterocycles. The molecule has 3 aromatic rings. The van der Waals surface area contributed by atoms with Crippen LogP contribution in [0.1, 0.15) is 11.1 Å². The second-order valence-electron chi connectivity index (χ2n) is 6.63. The van der Waals surface area contributed by atoms with Crippen molar-refractivity contribution in [3.05, 3.63) is 47.3 Å². The van der Waals surface area contributed by atoms with E-state index in [1.165, 1.54) is 6.07 Å². The molecular formula is C21H21FN2O3. The van der Waals surface area contributed by atoms with Gasteiger partial charge >= 0.3 is 0 Å². The zero-order valence-electron chi connectivity index (χ0n) is 15.5. The molecule has 0 radical (unpaired) electrons. The second kappa shape index (κ2) is 6.70.